The summed E-state index contributed by atoms with van der Waals surface area (Å²) in [5.41, 5.74) is 0. The van der Waals surface area contributed by atoms with Crippen LogP contribution in [0, 0.1) is 0 Å². The van der Waals surface area contributed by atoms with Gasteiger partial charge in [-0.1, -0.05) is 48.5 Å². The van der Waals surface area contributed by atoms with Gasteiger partial charge in [0.25, 0.3) is 0 Å². The summed E-state index contributed by atoms with van der Waals surface area (Å²) in [4.78, 5) is 0. The monoisotopic (exact) mass is 222 g/mol. The van der Waals surface area contributed by atoms with Gasteiger partial charge in [0.15, 0.2) is 0 Å². The first-order chi connectivity index (χ1) is 7.88. The second-order valence-electron chi connectivity index (χ2n) is 4.05. The molecule has 2 aromatic carbocycles. The maximum Gasteiger partial charge on any atom is -0.0184 e. The molecule has 0 aliphatic carbocycles. The molecule has 0 saturated carbocycles. The van der Waals surface area contributed by atoms with E-state index in [1.807, 2.05) is 0 Å². The number of rotatable bonds is 3. The molecular weight excluding hydrogens is 203 g/mol. The van der Waals surface area contributed by atoms with Gasteiger partial charge in [0.2, 0.25) is 0 Å². The number of unbranched alkanes of at least 4 members (excludes halogenated alkanes) is 2. The van der Waals surface area contributed by atoms with E-state index >= 15 is 0 Å². The maximum atomic E-state index is 2.25. The first-order valence-electron chi connectivity index (χ1n) is 6.32. The van der Waals surface area contributed by atoms with Crippen LogP contribution in [0.1, 0.15) is 26.2 Å². The van der Waals surface area contributed by atoms with Crippen LogP contribution < -0.4 is 0 Å². The van der Waals surface area contributed by atoms with Crippen molar-refractivity contribution in [3.05, 3.63) is 48.5 Å². The van der Waals surface area contributed by atoms with Crippen LogP contribution in [0.2, 0.25) is 3.67 Å². The normalized spacial score (nSPS) is 9.69. The molecule has 0 spiro atoms. The maximum absolute atomic E-state index is 2.25. The van der Waals surface area contributed by atoms with Gasteiger partial charge in [-0.05, 0) is 10.8 Å². The van der Waals surface area contributed by atoms with Crippen molar-refractivity contribution in [3.8, 4) is 0 Å². The third kappa shape index (κ3) is 5.16. The Morgan fingerprint density at radius 2 is 1.25 bits per heavy atom. The average Bonchev–Trinajstić information content (AvgIpc) is 2.37. The molecule has 0 aliphatic rings. The van der Waals surface area contributed by atoms with E-state index in [1.165, 1.54) is 61.6 Å². The second kappa shape index (κ2) is 8.81. The Kier molecular flexibility index (Phi) is 7.58. The molecule has 0 aromatic heterocycles. The molecule has 0 saturated heterocycles. The number of fused-ring (bicyclic) bond motifs is 1. The fraction of sp³-hybridized carbons (Fsp3) is 0.333. The third-order valence-electron chi connectivity index (χ3n) is 2.62. The fourth-order valence-electron chi connectivity index (χ4n) is 1.63. The second-order valence-corrected chi connectivity index (χ2v) is 5.05. The van der Waals surface area contributed by atoms with Crippen LogP contribution in [0.25, 0.3) is 10.8 Å². The average molecular weight is 222 g/mol. The zero-order chi connectivity index (χ0) is 11.6. The summed E-state index contributed by atoms with van der Waals surface area (Å²) >= 11 is 1.40. The molecule has 0 unspecified atom stereocenters. The van der Waals surface area contributed by atoms with Gasteiger partial charge in [-0.25, -0.2) is 0 Å². The first kappa shape index (κ1) is 13.8. The third-order valence-corrected chi connectivity index (χ3v) is 3.32. The molecule has 1 heteroatoms. The quantitative estimate of drug-likeness (QED) is 0.525. The Hall–Kier alpha value is -0.300. The fourth-order valence-corrected chi connectivity index (χ4v) is 2.13. The summed E-state index contributed by atoms with van der Waals surface area (Å²) in [6.07, 6.45) is 4.30. The Bertz CT molecular complexity index is 326. The van der Waals surface area contributed by atoms with Gasteiger partial charge >= 0.3 is 57.8 Å². The van der Waals surface area contributed by atoms with Gasteiger partial charge in [0, 0.05) is 0 Å². The number of hydrogen-bond acceptors (Lipinski definition) is 0. The predicted octanol–water partition coefficient (Wildman–Crippen LogP) is 4.60. The smallest absolute Gasteiger partial charge is 0.0184 e. The molecule has 0 aliphatic heterocycles. The molecule has 0 bridgehead atoms. The minimum atomic E-state index is 1.31. The summed E-state index contributed by atoms with van der Waals surface area (Å²) in [7, 11) is 0. The van der Waals surface area contributed by atoms with Crippen LogP contribution in [0.15, 0.2) is 48.5 Å². The standard InChI is InChI=1S/C10H8.C5H11.Na/c1-2-6-10-8-4-3-7-9(10)5-1;1-3-5-4-2;/h1-8H;1,3-5H2,2H3;. The molecule has 0 fully saturated rings. The van der Waals surface area contributed by atoms with E-state index in [-0.39, 0.29) is 0 Å². The Morgan fingerprint density at radius 1 is 0.812 bits per heavy atom. The summed E-state index contributed by atoms with van der Waals surface area (Å²) in [6.45, 7) is 2.25. The molecule has 0 atom stereocenters. The molecule has 2 aromatic rings. The van der Waals surface area contributed by atoms with Crippen LogP contribution in [0.4, 0.5) is 0 Å². The Morgan fingerprint density at radius 3 is 1.50 bits per heavy atom. The summed E-state index contributed by atoms with van der Waals surface area (Å²) in [5.74, 6) is 0. The van der Waals surface area contributed by atoms with E-state index in [4.69, 9.17) is 0 Å². The van der Waals surface area contributed by atoms with E-state index in [1.54, 1.807) is 0 Å². The predicted molar refractivity (Wildman–Crippen MR) is 74.0 cm³/mol. The molecule has 2 rings (SSSR count). The van der Waals surface area contributed by atoms with Crippen molar-refractivity contribution < 1.29 is 0 Å². The van der Waals surface area contributed by atoms with Crippen molar-refractivity contribution in [1.29, 1.82) is 0 Å². The van der Waals surface area contributed by atoms with E-state index in [0.717, 1.165) is 0 Å². The summed E-state index contributed by atoms with van der Waals surface area (Å²) in [6, 6.07) is 16.7. The SMILES string of the molecule is CCCC[CH2][Na].c1ccc2ccccc2c1. The van der Waals surface area contributed by atoms with Gasteiger partial charge in [-0.2, -0.15) is 0 Å². The van der Waals surface area contributed by atoms with E-state index in [0.29, 0.717) is 0 Å². The molecule has 0 nitrogen and oxygen atoms in total. The Labute approximate surface area is 116 Å². The summed E-state index contributed by atoms with van der Waals surface area (Å²) < 4.78 is 1.49. The zero-order valence-corrected chi connectivity index (χ0v) is 12.4. The van der Waals surface area contributed by atoms with E-state index in [2.05, 4.69) is 55.5 Å². The van der Waals surface area contributed by atoms with Gasteiger partial charge in [0.05, 0.1) is 0 Å². The van der Waals surface area contributed by atoms with Crippen molar-refractivity contribution in [3.63, 3.8) is 0 Å². The van der Waals surface area contributed by atoms with Gasteiger partial charge in [-0.15, -0.1) is 0 Å². The van der Waals surface area contributed by atoms with Crippen LogP contribution in [-0.2, 0) is 0 Å². The zero-order valence-electron chi connectivity index (χ0n) is 10.4. The van der Waals surface area contributed by atoms with Crippen molar-refractivity contribution in [2.75, 3.05) is 0 Å². The van der Waals surface area contributed by atoms with E-state index in [9.17, 15) is 0 Å². The van der Waals surface area contributed by atoms with Gasteiger partial charge in [0.1, 0.15) is 0 Å². The van der Waals surface area contributed by atoms with Crippen molar-refractivity contribution >= 4 is 38.7 Å². The van der Waals surface area contributed by atoms with Gasteiger partial charge < -0.3 is 0 Å². The molecule has 80 valence electrons. The molecule has 0 heterocycles. The minimum Gasteiger partial charge on any atom is -0.0616 e. The van der Waals surface area contributed by atoms with Crippen LogP contribution in [0.5, 0.6) is 0 Å². The van der Waals surface area contributed by atoms with Crippen LogP contribution >= 0.6 is 0 Å². The molecular formula is C15H19Na. The van der Waals surface area contributed by atoms with Gasteiger partial charge in [-0.3, -0.25) is 0 Å². The van der Waals surface area contributed by atoms with Crippen LogP contribution in [-0.4, -0.2) is 27.9 Å². The molecule has 16 heavy (non-hydrogen) atoms. The molecule has 0 N–H and O–H groups in total. The van der Waals surface area contributed by atoms with Crippen molar-refractivity contribution in [2.45, 2.75) is 29.9 Å². The van der Waals surface area contributed by atoms with E-state index < -0.39 is 0 Å². The van der Waals surface area contributed by atoms with Crippen molar-refractivity contribution in [2.24, 2.45) is 0 Å². The summed E-state index contributed by atoms with van der Waals surface area (Å²) in [5, 5.41) is 2.62. The van der Waals surface area contributed by atoms with Crippen molar-refractivity contribution in [1.82, 2.24) is 0 Å². The first-order valence-corrected chi connectivity index (χ1v) is 7.73. The number of hydrogen-bond donors (Lipinski definition) is 0. The number of benzene rings is 2. The minimum absolute atomic E-state index is 1.31. The topological polar surface area (TPSA) is 0 Å². The molecule has 0 radical (unpaired) electrons. The largest absolute Gasteiger partial charge is 0.0616 e. The Balaban J connectivity index is 0.000000187. The molecule has 0 amide bonds. The van der Waals surface area contributed by atoms with Crippen LogP contribution in [0.3, 0.4) is 0 Å².